The summed E-state index contributed by atoms with van der Waals surface area (Å²) in [4.78, 5) is 23.0. The van der Waals surface area contributed by atoms with Gasteiger partial charge in [-0.3, -0.25) is 4.79 Å². The lowest BCUT2D eigenvalue weighted by atomic mass is 9.48. The lowest BCUT2D eigenvalue weighted by Crippen LogP contribution is -2.53. The Kier molecular flexibility index (Phi) is 5.32. The molecule has 4 aliphatic carbocycles. The summed E-state index contributed by atoms with van der Waals surface area (Å²) in [6.45, 7) is 0.925. The quantitative estimate of drug-likeness (QED) is 0.695. The van der Waals surface area contributed by atoms with Crippen LogP contribution in [-0.2, 0) is 13.0 Å². The molecule has 1 aromatic carbocycles. The molecule has 2 heterocycles. The third-order valence-electron chi connectivity index (χ3n) is 8.73. The van der Waals surface area contributed by atoms with Crippen LogP contribution >= 0.6 is 0 Å². The van der Waals surface area contributed by atoms with E-state index in [1.165, 1.54) is 36.6 Å². The number of amides is 1. The van der Waals surface area contributed by atoms with Crippen LogP contribution in [0.4, 0.5) is 14.6 Å². The Labute approximate surface area is 197 Å². The first kappa shape index (κ1) is 21.9. The molecule has 7 rings (SSSR count). The Morgan fingerprint density at radius 1 is 1.12 bits per heavy atom. The number of nitrogens with one attached hydrogen (secondary N) is 1. The number of aliphatic hydroxyl groups is 1. The van der Waals surface area contributed by atoms with Gasteiger partial charge in [0.2, 0.25) is 0 Å². The van der Waals surface area contributed by atoms with E-state index >= 15 is 0 Å². The van der Waals surface area contributed by atoms with E-state index in [0.717, 1.165) is 54.7 Å². The fraction of sp³-hybridized carbons (Fsp3) is 0.577. The zero-order valence-corrected chi connectivity index (χ0v) is 19.1. The highest BCUT2D eigenvalue weighted by atomic mass is 19.1. The number of anilines is 1. The number of carbonyl (C=O) groups is 1. The molecule has 2 aromatic rings. The summed E-state index contributed by atoms with van der Waals surface area (Å²) >= 11 is 0. The molecule has 4 fully saturated rings. The smallest absolute Gasteiger partial charge is 0.260 e. The third kappa shape index (κ3) is 3.67. The van der Waals surface area contributed by atoms with Crippen molar-refractivity contribution in [2.75, 3.05) is 18.4 Å². The molecule has 8 heteroatoms. The highest BCUT2D eigenvalue weighted by molar-refractivity contribution is 5.95. The van der Waals surface area contributed by atoms with Gasteiger partial charge in [0.05, 0.1) is 18.3 Å². The van der Waals surface area contributed by atoms with Gasteiger partial charge >= 0.3 is 0 Å². The van der Waals surface area contributed by atoms with E-state index in [1.807, 2.05) is 0 Å². The van der Waals surface area contributed by atoms with Crippen LogP contribution in [0, 0.1) is 34.8 Å². The molecular formula is C26H30F2N4O2. The highest BCUT2D eigenvalue weighted by Gasteiger charge is 2.53. The summed E-state index contributed by atoms with van der Waals surface area (Å²) in [5, 5.41) is 14.6. The van der Waals surface area contributed by atoms with Crippen molar-refractivity contribution in [2.24, 2.45) is 23.2 Å². The molecule has 0 spiro atoms. The molecule has 6 nitrogen and oxygen atoms in total. The molecule has 0 saturated heterocycles. The number of nitrogens with zero attached hydrogens (tertiary/aromatic N) is 3. The first-order valence-electron chi connectivity index (χ1n) is 12.4. The van der Waals surface area contributed by atoms with Crippen LogP contribution in [0.15, 0.2) is 24.5 Å². The molecule has 1 amide bonds. The van der Waals surface area contributed by atoms with Crippen molar-refractivity contribution in [1.82, 2.24) is 14.9 Å². The minimum absolute atomic E-state index is 0.0297. The molecule has 2 N–H and O–H groups in total. The van der Waals surface area contributed by atoms with Crippen molar-refractivity contribution < 1.29 is 18.7 Å². The second-order valence-corrected chi connectivity index (χ2v) is 10.9. The Bertz CT molecular complexity index is 1070. The Balaban J connectivity index is 1.15. The molecular weight excluding hydrogens is 438 g/mol. The molecule has 34 heavy (non-hydrogen) atoms. The molecule has 5 aliphatic rings. The monoisotopic (exact) mass is 468 g/mol. The van der Waals surface area contributed by atoms with E-state index in [1.54, 1.807) is 0 Å². The predicted molar refractivity (Wildman–Crippen MR) is 122 cm³/mol. The van der Waals surface area contributed by atoms with Gasteiger partial charge < -0.3 is 15.3 Å². The van der Waals surface area contributed by atoms with Gasteiger partial charge in [-0.2, -0.15) is 0 Å². The van der Waals surface area contributed by atoms with Gasteiger partial charge in [0.1, 0.15) is 29.3 Å². The summed E-state index contributed by atoms with van der Waals surface area (Å²) in [6.07, 6.45) is 8.91. The number of halogens is 2. The standard InChI is InChI=1S/C26H30F2N4O2/c27-19-2-1-3-20(28)23(19)25(34)32-5-4-18-21(13-32)30-14-31-24(18)29-12-22(33)26-9-15-6-16(10-26)8-17(7-15)11-26/h1-3,14-17,22,33H,4-13H2,(H,29,30,31). The van der Waals surface area contributed by atoms with Crippen LogP contribution in [0.3, 0.4) is 0 Å². The van der Waals surface area contributed by atoms with E-state index in [9.17, 15) is 18.7 Å². The van der Waals surface area contributed by atoms with E-state index in [-0.39, 0.29) is 12.0 Å². The van der Waals surface area contributed by atoms with Crippen LogP contribution in [-0.4, -0.2) is 45.1 Å². The van der Waals surface area contributed by atoms with E-state index in [0.29, 0.717) is 31.0 Å². The van der Waals surface area contributed by atoms with Gasteiger partial charge in [-0.1, -0.05) is 6.07 Å². The topological polar surface area (TPSA) is 78.4 Å². The van der Waals surface area contributed by atoms with Crippen LogP contribution in [0.2, 0.25) is 0 Å². The normalized spacial score (nSPS) is 30.2. The van der Waals surface area contributed by atoms with E-state index in [4.69, 9.17) is 0 Å². The van der Waals surface area contributed by atoms with E-state index in [2.05, 4.69) is 15.3 Å². The number of aliphatic hydroxyl groups excluding tert-OH is 1. The summed E-state index contributed by atoms with van der Waals surface area (Å²) in [5.74, 6) is 0.602. The van der Waals surface area contributed by atoms with Gasteiger partial charge in [0.25, 0.3) is 5.91 Å². The number of benzene rings is 1. The van der Waals surface area contributed by atoms with Crippen LogP contribution in [0.25, 0.3) is 0 Å². The molecule has 1 aromatic heterocycles. The molecule has 4 bridgehead atoms. The minimum Gasteiger partial charge on any atom is -0.391 e. The lowest BCUT2D eigenvalue weighted by Gasteiger charge is -2.58. The first-order chi connectivity index (χ1) is 16.4. The van der Waals surface area contributed by atoms with Gasteiger partial charge in [-0.05, 0) is 80.2 Å². The third-order valence-corrected chi connectivity index (χ3v) is 8.73. The number of carbonyl (C=O) groups excluding carboxylic acids is 1. The van der Waals surface area contributed by atoms with Crippen molar-refractivity contribution in [3.8, 4) is 0 Å². The molecule has 4 saturated carbocycles. The Hall–Kier alpha value is -2.61. The van der Waals surface area contributed by atoms with Crippen molar-refractivity contribution in [1.29, 1.82) is 0 Å². The van der Waals surface area contributed by atoms with Gasteiger partial charge in [-0.25, -0.2) is 18.7 Å². The van der Waals surface area contributed by atoms with Crippen molar-refractivity contribution >= 4 is 11.7 Å². The zero-order valence-electron chi connectivity index (χ0n) is 19.1. The fourth-order valence-electron chi connectivity index (χ4n) is 7.54. The molecule has 0 radical (unpaired) electrons. The highest BCUT2D eigenvalue weighted by Crippen LogP contribution is 2.61. The lowest BCUT2D eigenvalue weighted by molar-refractivity contribution is -0.115. The van der Waals surface area contributed by atoms with Crippen LogP contribution < -0.4 is 5.32 Å². The van der Waals surface area contributed by atoms with Crippen molar-refractivity contribution in [3.05, 3.63) is 53.0 Å². The second kappa shape index (κ2) is 8.26. The first-order valence-corrected chi connectivity index (χ1v) is 12.4. The van der Waals surface area contributed by atoms with E-state index < -0.39 is 29.2 Å². The summed E-state index contributed by atoms with van der Waals surface area (Å²) in [5.41, 5.74) is 1.07. The zero-order chi connectivity index (χ0) is 23.4. The fourth-order valence-corrected chi connectivity index (χ4v) is 7.54. The number of hydrogen-bond acceptors (Lipinski definition) is 5. The predicted octanol–water partition coefficient (Wildman–Crippen LogP) is 3.94. The minimum atomic E-state index is -0.862. The molecule has 1 atom stereocenters. The second-order valence-electron chi connectivity index (χ2n) is 10.9. The summed E-state index contributed by atoms with van der Waals surface area (Å²) in [6, 6.07) is 3.43. The number of aromatic nitrogens is 2. The molecule has 1 aliphatic heterocycles. The van der Waals surface area contributed by atoms with Crippen LogP contribution in [0.1, 0.15) is 60.1 Å². The maximum Gasteiger partial charge on any atom is 0.260 e. The number of fused-ring (bicyclic) bond motifs is 1. The SMILES string of the molecule is O=C(c1c(F)cccc1F)N1CCc2c(ncnc2NCC(O)C23CC4CC(CC(C4)C2)C3)C1. The number of rotatable bonds is 5. The summed E-state index contributed by atoms with van der Waals surface area (Å²) < 4.78 is 28.2. The average molecular weight is 469 g/mol. The summed E-state index contributed by atoms with van der Waals surface area (Å²) in [7, 11) is 0. The maximum absolute atomic E-state index is 14.1. The van der Waals surface area contributed by atoms with Crippen LogP contribution in [0.5, 0.6) is 0 Å². The van der Waals surface area contributed by atoms with Gasteiger partial charge in [-0.15, -0.1) is 0 Å². The largest absolute Gasteiger partial charge is 0.391 e. The van der Waals surface area contributed by atoms with Crippen molar-refractivity contribution in [3.63, 3.8) is 0 Å². The molecule has 1 unspecified atom stereocenters. The average Bonchev–Trinajstić information content (AvgIpc) is 2.81. The Morgan fingerprint density at radius 3 is 2.41 bits per heavy atom. The maximum atomic E-state index is 14.1. The van der Waals surface area contributed by atoms with Gasteiger partial charge in [0.15, 0.2) is 0 Å². The Morgan fingerprint density at radius 2 is 1.76 bits per heavy atom. The molecule has 180 valence electrons. The van der Waals surface area contributed by atoms with Gasteiger partial charge in [0, 0.05) is 18.7 Å². The van der Waals surface area contributed by atoms with Crippen molar-refractivity contribution in [2.45, 2.75) is 57.6 Å². The number of hydrogen-bond donors (Lipinski definition) is 2.